The summed E-state index contributed by atoms with van der Waals surface area (Å²) < 4.78 is 41.0. The van der Waals surface area contributed by atoms with Crippen LogP contribution in [-0.4, -0.2) is 18.6 Å². The number of hydrogen-bond donors (Lipinski definition) is 2. The van der Waals surface area contributed by atoms with Gasteiger partial charge in [-0.05, 0) is 42.8 Å². The molecule has 1 heterocycles. The molecule has 0 fully saturated rings. The highest BCUT2D eigenvalue weighted by atomic mass is 32.2. The van der Waals surface area contributed by atoms with Gasteiger partial charge in [-0.3, -0.25) is 9.82 Å². The van der Waals surface area contributed by atoms with Crippen LogP contribution in [-0.2, 0) is 10.0 Å². The normalized spacial score (nSPS) is 11.4. The van der Waals surface area contributed by atoms with E-state index in [0.717, 1.165) is 17.3 Å². The lowest BCUT2D eigenvalue weighted by atomic mass is 10.1. The molecule has 3 rings (SSSR count). The number of hydrogen-bond acceptors (Lipinski definition) is 3. The lowest BCUT2D eigenvalue weighted by Crippen LogP contribution is -2.14. The first-order valence-corrected chi connectivity index (χ1v) is 8.33. The maximum atomic E-state index is 13.8. The Bertz CT molecular complexity index is 938. The summed E-state index contributed by atoms with van der Waals surface area (Å²) in [4.78, 5) is -0.371. The van der Waals surface area contributed by atoms with Gasteiger partial charge in [0.2, 0.25) is 0 Å². The molecule has 1 aromatic heterocycles. The van der Waals surface area contributed by atoms with Crippen molar-refractivity contribution >= 4 is 15.7 Å². The summed E-state index contributed by atoms with van der Waals surface area (Å²) in [6, 6.07) is 12.5. The van der Waals surface area contributed by atoms with Crippen molar-refractivity contribution in [1.82, 2.24) is 10.2 Å². The number of sulfonamides is 1. The first-order chi connectivity index (χ1) is 11.0. The maximum Gasteiger partial charge on any atom is 0.264 e. The van der Waals surface area contributed by atoms with Crippen LogP contribution >= 0.6 is 0 Å². The standard InChI is InChI=1S/C16H14FN3O2S/c1-11-5-6-14(17)16(9-11)23(21,22)20-13-4-2-3-12(10-13)15-7-8-18-19-15/h2-10,20H,1H3,(H,18,19). The van der Waals surface area contributed by atoms with E-state index in [2.05, 4.69) is 14.9 Å². The summed E-state index contributed by atoms with van der Waals surface area (Å²) in [5.74, 6) is -0.784. The SMILES string of the molecule is Cc1ccc(F)c(S(=O)(=O)Nc2cccc(-c3ccn[nH]3)c2)c1. The maximum absolute atomic E-state index is 13.8. The number of halogens is 1. The lowest BCUT2D eigenvalue weighted by Gasteiger charge is -2.10. The minimum absolute atomic E-state index is 0.345. The van der Waals surface area contributed by atoms with Crippen molar-refractivity contribution in [1.29, 1.82) is 0 Å². The van der Waals surface area contributed by atoms with Crippen LogP contribution in [0.5, 0.6) is 0 Å². The third-order valence-corrected chi connectivity index (χ3v) is 4.70. The Labute approximate surface area is 133 Å². The Kier molecular flexibility index (Phi) is 3.87. The number of anilines is 1. The van der Waals surface area contributed by atoms with Crippen molar-refractivity contribution in [2.75, 3.05) is 4.72 Å². The first-order valence-electron chi connectivity index (χ1n) is 6.84. The molecule has 0 aliphatic rings. The third-order valence-electron chi connectivity index (χ3n) is 3.30. The molecule has 0 aliphatic heterocycles. The first kappa shape index (κ1) is 15.2. The smallest absolute Gasteiger partial charge is 0.264 e. The summed E-state index contributed by atoms with van der Waals surface area (Å²) in [6.07, 6.45) is 1.61. The molecule has 0 radical (unpaired) electrons. The summed E-state index contributed by atoms with van der Waals surface area (Å²) in [7, 11) is -4.00. The van der Waals surface area contributed by atoms with Crippen molar-refractivity contribution < 1.29 is 12.8 Å². The second-order valence-electron chi connectivity index (χ2n) is 5.09. The van der Waals surface area contributed by atoms with Crippen LogP contribution in [0.3, 0.4) is 0 Å². The van der Waals surface area contributed by atoms with E-state index >= 15 is 0 Å². The fourth-order valence-electron chi connectivity index (χ4n) is 2.19. The van der Waals surface area contributed by atoms with Gasteiger partial charge >= 0.3 is 0 Å². The molecular formula is C16H14FN3O2S. The molecule has 0 spiro atoms. The molecule has 2 N–H and O–H groups in total. The van der Waals surface area contributed by atoms with Gasteiger partial charge in [0.15, 0.2) is 0 Å². The van der Waals surface area contributed by atoms with Crippen molar-refractivity contribution in [2.24, 2.45) is 0 Å². The number of aromatic nitrogens is 2. The van der Waals surface area contributed by atoms with Crippen LogP contribution in [0.2, 0.25) is 0 Å². The third kappa shape index (κ3) is 3.24. The van der Waals surface area contributed by atoms with Crippen LogP contribution < -0.4 is 4.72 Å². The van der Waals surface area contributed by atoms with E-state index in [-0.39, 0.29) is 4.90 Å². The van der Waals surface area contributed by atoms with Crippen LogP contribution in [0.25, 0.3) is 11.3 Å². The van der Waals surface area contributed by atoms with Gasteiger partial charge in [-0.1, -0.05) is 18.2 Å². The van der Waals surface area contributed by atoms with Gasteiger partial charge in [-0.25, -0.2) is 12.8 Å². The van der Waals surface area contributed by atoms with E-state index in [0.29, 0.717) is 11.3 Å². The molecule has 3 aromatic rings. The second kappa shape index (κ2) is 5.85. The monoisotopic (exact) mass is 331 g/mol. The van der Waals surface area contributed by atoms with E-state index in [1.165, 1.54) is 12.1 Å². The highest BCUT2D eigenvalue weighted by Crippen LogP contribution is 2.24. The molecule has 0 aliphatic carbocycles. The molecule has 7 heteroatoms. The fraction of sp³-hybridized carbons (Fsp3) is 0.0625. The van der Waals surface area contributed by atoms with Crippen LogP contribution in [0.15, 0.2) is 59.6 Å². The predicted octanol–water partition coefficient (Wildman–Crippen LogP) is 3.33. The summed E-state index contributed by atoms with van der Waals surface area (Å²) in [5.41, 5.74) is 2.54. The number of nitrogens with zero attached hydrogens (tertiary/aromatic N) is 1. The minimum atomic E-state index is -4.00. The molecule has 2 aromatic carbocycles. The highest BCUT2D eigenvalue weighted by molar-refractivity contribution is 7.92. The molecule has 118 valence electrons. The van der Waals surface area contributed by atoms with Crippen molar-refractivity contribution in [3.8, 4) is 11.3 Å². The van der Waals surface area contributed by atoms with E-state index in [9.17, 15) is 12.8 Å². The number of aryl methyl sites for hydroxylation is 1. The number of nitrogens with one attached hydrogen (secondary N) is 2. The van der Waals surface area contributed by atoms with Crippen LogP contribution in [0.1, 0.15) is 5.56 Å². The Morgan fingerprint density at radius 2 is 1.96 bits per heavy atom. The number of H-pyrrole nitrogens is 1. The Balaban J connectivity index is 1.95. The van der Waals surface area contributed by atoms with Crippen LogP contribution in [0.4, 0.5) is 10.1 Å². The van der Waals surface area contributed by atoms with Gasteiger partial charge in [-0.15, -0.1) is 0 Å². The zero-order chi connectivity index (χ0) is 16.4. The molecule has 0 amide bonds. The fourth-order valence-corrected chi connectivity index (χ4v) is 3.41. The lowest BCUT2D eigenvalue weighted by molar-refractivity contribution is 0.570. The average molecular weight is 331 g/mol. The van der Waals surface area contributed by atoms with Gasteiger partial charge in [0.1, 0.15) is 10.7 Å². The van der Waals surface area contributed by atoms with E-state index in [1.807, 2.05) is 6.07 Å². The van der Waals surface area contributed by atoms with Crippen molar-refractivity contribution in [3.05, 3.63) is 66.1 Å². The molecule has 0 unspecified atom stereocenters. The largest absolute Gasteiger partial charge is 0.280 e. The van der Waals surface area contributed by atoms with Crippen molar-refractivity contribution in [2.45, 2.75) is 11.8 Å². The summed E-state index contributed by atoms with van der Waals surface area (Å²) in [5, 5.41) is 6.66. The Hall–Kier alpha value is -2.67. The molecule has 23 heavy (non-hydrogen) atoms. The van der Waals surface area contributed by atoms with Gasteiger partial charge in [0.25, 0.3) is 10.0 Å². The highest BCUT2D eigenvalue weighted by Gasteiger charge is 2.19. The van der Waals surface area contributed by atoms with E-state index in [4.69, 9.17) is 0 Å². The quantitative estimate of drug-likeness (QED) is 0.770. The molecule has 0 saturated carbocycles. The Morgan fingerprint density at radius 3 is 2.70 bits per heavy atom. The van der Waals surface area contributed by atoms with Gasteiger partial charge in [-0.2, -0.15) is 5.10 Å². The minimum Gasteiger partial charge on any atom is -0.280 e. The summed E-state index contributed by atoms with van der Waals surface area (Å²) in [6.45, 7) is 1.71. The van der Waals surface area contributed by atoms with E-state index < -0.39 is 15.8 Å². The molecular weight excluding hydrogens is 317 g/mol. The molecule has 0 saturated heterocycles. The zero-order valence-electron chi connectivity index (χ0n) is 12.2. The average Bonchev–Trinajstić information content (AvgIpc) is 3.04. The van der Waals surface area contributed by atoms with Gasteiger partial charge in [0.05, 0.1) is 5.69 Å². The molecule has 0 bridgehead atoms. The number of rotatable bonds is 4. The van der Waals surface area contributed by atoms with Crippen LogP contribution in [0, 0.1) is 12.7 Å². The molecule has 0 atom stereocenters. The van der Waals surface area contributed by atoms with Crippen molar-refractivity contribution in [3.63, 3.8) is 0 Å². The number of benzene rings is 2. The second-order valence-corrected chi connectivity index (χ2v) is 6.74. The summed E-state index contributed by atoms with van der Waals surface area (Å²) >= 11 is 0. The Morgan fingerprint density at radius 1 is 1.13 bits per heavy atom. The molecule has 5 nitrogen and oxygen atoms in total. The van der Waals surface area contributed by atoms with E-state index in [1.54, 1.807) is 37.4 Å². The van der Waals surface area contributed by atoms with Gasteiger partial charge in [0, 0.05) is 17.4 Å². The predicted molar refractivity (Wildman–Crippen MR) is 86.0 cm³/mol. The zero-order valence-corrected chi connectivity index (χ0v) is 13.1. The number of aromatic amines is 1. The topological polar surface area (TPSA) is 74.8 Å². The van der Waals surface area contributed by atoms with Gasteiger partial charge < -0.3 is 0 Å².